The van der Waals surface area contributed by atoms with Crippen molar-refractivity contribution in [1.29, 1.82) is 0 Å². The zero-order valence-corrected chi connectivity index (χ0v) is 21.6. The molecule has 198 valence electrons. The monoisotopic (exact) mass is 515 g/mol. The van der Waals surface area contributed by atoms with E-state index in [1.54, 1.807) is 0 Å². The maximum absolute atomic E-state index is 13.6. The molecule has 1 saturated carbocycles. The summed E-state index contributed by atoms with van der Waals surface area (Å²) in [6.45, 7) is 3.59. The van der Waals surface area contributed by atoms with E-state index >= 15 is 0 Å². The molecule has 7 heteroatoms. The van der Waals surface area contributed by atoms with Crippen molar-refractivity contribution in [1.82, 2.24) is 0 Å². The van der Waals surface area contributed by atoms with Crippen LogP contribution in [0.2, 0.25) is 0 Å². The zero-order chi connectivity index (χ0) is 27.1. The summed E-state index contributed by atoms with van der Waals surface area (Å²) >= 11 is 0. The smallest absolute Gasteiger partial charge is 0.315 e. The molecule has 1 fully saturated rings. The van der Waals surface area contributed by atoms with Crippen molar-refractivity contribution >= 4 is 17.7 Å². The molecule has 0 saturated heterocycles. The van der Waals surface area contributed by atoms with Crippen LogP contribution in [0.25, 0.3) is 0 Å². The van der Waals surface area contributed by atoms with Gasteiger partial charge < -0.3 is 19.8 Å². The molecule has 0 aromatic heterocycles. The van der Waals surface area contributed by atoms with Crippen molar-refractivity contribution < 1.29 is 29.4 Å². The molecule has 4 rings (SSSR count). The molecule has 1 aliphatic rings. The van der Waals surface area contributed by atoms with Crippen molar-refractivity contribution in [2.75, 3.05) is 0 Å². The average molecular weight is 516 g/mol. The normalized spacial score (nSPS) is 24.1. The van der Waals surface area contributed by atoms with Gasteiger partial charge in [0.2, 0.25) is 0 Å². The van der Waals surface area contributed by atoms with E-state index in [4.69, 9.17) is 9.47 Å². The molecule has 0 radical (unpaired) electrons. The molecule has 0 spiro atoms. The van der Waals surface area contributed by atoms with Crippen molar-refractivity contribution in [3.05, 3.63) is 107 Å². The SMILES string of the molecule is CCc1ccc([C@@H]2[C@H](C(=O)OCc3ccccc3)/C(=N/O)C[C@@](C)(O)[C@@H]2C(=O)OCc2ccccc2)cc1. The van der Waals surface area contributed by atoms with Crippen LogP contribution in [0.15, 0.2) is 90.1 Å². The van der Waals surface area contributed by atoms with Crippen LogP contribution in [0, 0.1) is 11.8 Å². The summed E-state index contributed by atoms with van der Waals surface area (Å²) in [4.78, 5) is 27.2. The van der Waals surface area contributed by atoms with Crippen LogP contribution in [-0.4, -0.2) is 33.6 Å². The average Bonchev–Trinajstić information content (AvgIpc) is 2.94. The Balaban J connectivity index is 1.70. The number of ether oxygens (including phenoxy) is 2. The molecule has 0 aliphatic heterocycles. The molecule has 2 N–H and O–H groups in total. The fourth-order valence-electron chi connectivity index (χ4n) is 5.15. The summed E-state index contributed by atoms with van der Waals surface area (Å²) in [7, 11) is 0. The highest BCUT2D eigenvalue weighted by Crippen LogP contribution is 2.47. The van der Waals surface area contributed by atoms with Gasteiger partial charge in [-0.15, -0.1) is 0 Å². The van der Waals surface area contributed by atoms with Crippen LogP contribution in [0.5, 0.6) is 0 Å². The Bertz CT molecular complexity index is 1250. The minimum Gasteiger partial charge on any atom is -0.461 e. The van der Waals surface area contributed by atoms with Crippen LogP contribution >= 0.6 is 0 Å². The standard InChI is InChI=1S/C31H33NO6/c1-3-21-14-16-24(17-15-21)26-27(29(33)37-19-22-10-6-4-7-11-22)25(32-36)18-31(2,35)28(26)30(34)38-20-23-12-8-5-9-13-23/h4-17,26-28,35-36H,3,18-20H2,1-2H3/b32-25+/t26-,27-,28+,31-/m1/s1. The van der Waals surface area contributed by atoms with Gasteiger partial charge in [0, 0.05) is 12.3 Å². The fraction of sp³-hybridized carbons (Fsp3) is 0.323. The largest absolute Gasteiger partial charge is 0.461 e. The Morgan fingerprint density at radius 3 is 1.87 bits per heavy atom. The number of hydrogen-bond acceptors (Lipinski definition) is 7. The van der Waals surface area contributed by atoms with E-state index in [1.165, 1.54) is 6.92 Å². The van der Waals surface area contributed by atoms with Gasteiger partial charge in [0.15, 0.2) is 0 Å². The topological polar surface area (TPSA) is 105 Å². The number of nitrogens with zero attached hydrogens (tertiary/aromatic N) is 1. The lowest BCUT2D eigenvalue weighted by Crippen LogP contribution is -2.55. The van der Waals surface area contributed by atoms with Gasteiger partial charge in [-0.05, 0) is 35.6 Å². The Morgan fingerprint density at radius 2 is 1.37 bits per heavy atom. The third-order valence-electron chi connectivity index (χ3n) is 7.14. The molecule has 4 atom stereocenters. The predicted molar refractivity (Wildman–Crippen MR) is 142 cm³/mol. The fourth-order valence-corrected chi connectivity index (χ4v) is 5.15. The second kappa shape index (κ2) is 12.0. The van der Waals surface area contributed by atoms with E-state index in [0.717, 1.165) is 23.1 Å². The van der Waals surface area contributed by atoms with Gasteiger partial charge in [0.05, 0.1) is 17.2 Å². The van der Waals surface area contributed by atoms with Gasteiger partial charge in [0.25, 0.3) is 0 Å². The van der Waals surface area contributed by atoms with E-state index in [9.17, 15) is 19.9 Å². The highest BCUT2D eigenvalue weighted by molar-refractivity contribution is 6.05. The molecule has 0 amide bonds. The molecular weight excluding hydrogens is 482 g/mol. The van der Waals surface area contributed by atoms with Crippen molar-refractivity contribution in [2.45, 2.75) is 51.4 Å². The van der Waals surface area contributed by atoms with Crippen LogP contribution in [0.4, 0.5) is 0 Å². The van der Waals surface area contributed by atoms with E-state index in [-0.39, 0.29) is 25.3 Å². The van der Waals surface area contributed by atoms with Crippen molar-refractivity contribution in [3.63, 3.8) is 0 Å². The first-order valence-electron chi connectivity index (χ1n) is 12.8. The van der Waals surface area contributed by atoms with Crippen LogP contribution in [-0.2, 0) is 38.7 Å². The number of carbonyl (C=O) groups is 2. The van der Waals surface area contributed by atoms with E-state index < -0.39 is 35.3 Å². The molecule has 7 nitrogen and oxygen atoms in total. The second-order valence-electron chi connectivity index (χ2n) is 9.89. The lowest BCUT2D eigenvalue weighted by Gasteiger charge is -2.44. The van der Waals surface area contributed by atoms with Crippen LogP contribution in [0.1, 0.15) is 48.4 Å². The first kappa shape index (κ1) is 27.1. The summed E-state index contributed by atoms with van der Waals surface area (Å²) in [6, 6.07) is 26.0. The van der Waals surface area contributed by atoms with Gasteiger partial charge >= 0.3 is 11.9 Å². The Hall–Kier alpha value is -3.97. The van der Waals surface area contributed by atoms with Gasteiger partial charge in [-0.1, -0.05) is 97.0 Å². The second-order valence-corrected chi connectivity index (χ2v) is 9.89. The van der Waals surface area contributed by atoms with E-state index in [1.807, 2.05) is 91.9 Å². The summed E-state index contributed by atoms with van der Waals surface area (Å²) < 4.78 is 11.3. The van der Waals surface area contributed by atoms with Crippen LogP contribution in [0.3, 0.4) is 0 Å². The summed E-state index contributed by atoms with van der Waals surface area (Å²) in [5, 5.41) is 24.8. The van der Waals surface area contributed by atoms with Crippen molar-refractivity contribution in [2.24, 2.45) is 17.0 Å². The Labute approximate surface area is 222 Å². The summed E-state index contributed by atoms with van der Waals surface area (Å²) in [6.07, 6.45) is 0.625. The van der Waals surface area contributed by atoms with Gasteiger partial charge in [-0.25, -0.2) is 0 Å². The van der Waals surface area contributed by atoms with Gasteiger partial charge in [-0.3, -0.25) is 9.59 Å². The summed E-state index contributed by atoms with van der Waals surface area (Å²) in [5.74, 6) is -4.35. The molecule has 0 heterocycles. The number of rotatable bonds is 8. The number of benzene rings is 3. The number of esters is 2. The third kappa shape index (κ3) is 6.11. The van der Waals surface area contributed by atoms with E-state index in [2.05, 4.69) is 5.16 Å². The quantitative estimate of drug-likeness (QED) is 0.247. The molecule has 0 unspecified atom stereocenters. The van der Waals surface area contributed by atoms with Crippen molar-refractivity contribution in [3.8, 4) is 0 Å². The zero-order valence-electron chi connectivity index (χ0n) is 21.6. The first-order chi connectivity index (χ1) is 18.3. The Kier molecular flexibility index (Phi) is 8.59. The number of carbonyl (C=O) groups excluding carboxylic acids is 2. The number of aryl methyl sites for hydroxylation is 1. The lowest BCUT2D eigenvalue weighted by molar-refractivity contribution is -0.165. The number of aliphatic hydroxyl groups is 1. The van der Waals surface area contributed by atoms with Crippen LogP contribution < -0.4 is 0 Å². The predicted octanol–water partition coefficient (Wildman–Crippen LogP) is 5.04. The molecule has 38 heavy (non-hydrogen) atoms. The molecule has 3 aromatic carbocycles. The maximum Gasteiger partial charge on any atom is 0.315 e. The minimum absolute atomic E-state index is 0.0237. The Morgan fingerprint density at radius 1 is 0.842 bits per heavy atom. The number of oxime groups is 1. The first-order valence-corrected chi connectivity index (χ1v) is 12.8. The van der Waals surface area contributed by atoms with Gasteiger partial charge in [-0.2, -0.15) is 0 Å². The molecule has 1 aliphatic carbocycles. The molecule has 0 bridgehead atoms. The minimum atomic E-state index is -1.64. The maximum atomic E-state index is 13.6. The van der Waals surface area contributed by atoms with E-state index in [0.29, 0.717) is 5.56 Å². The number of hydrogen-bond donors (Lipinski definition) is 2. The van der Waals surface area contributed by atoms with Gasteiger partial charge in [0.1, 0.15) is 19.1 Å². The highest BCUT2D eigenvalue weighted by Gasteiger charge is 2.56. The lowest BCUT2D eigenvalue weighted by atomic mass is 9.61. The summed E-state index contributed by atoms with van der Waals surface area (Å²) in [5.41, 5.74) is 1.75. The molecular formula is C31H33NO6. The third-order valence-corrected chi connectivity index (χ3v) is 7.14. The highest BCUT2D eigenvalue weighted by atomic mass is 16.5. The molecule has 3 aromatic rings.